The van der Waals surface area contributed by atoms with E-state index in [1.54, 1.807) is 0 Å². The number of aryl methyl sites for hydroxylation is 1. The van der Waals surface area contributed by atoms with Crippen LogP contribution >= 0.6 is 0 Å². The summed E-state index contributed by atoms with van der Waals surface area (Å²) in [5, 5.41) is 0. The van der Waals surface area contributed by atoms with Crippen molar-refractivity contribution in [2.45, 2.75) is 44.9 Å². The zero-order chi connectivity index (χ0) is 12.8. The maximum atomic E-state index is 12.4. The molecule has 0 spiro atoms. The van der Waals surface area contributed by atoms with Crippen molar-refractivity contribution in [3.63, 3.8) is 0 Å². The number of carbonyl (C=O) groups excluding carboxylic acids is 1. The summed E-state index contributed by atoms with van der Waals surface area (Å²) >= 11 is 0. The molecule has 0 atom stereocenters. The lowest BCUT2D eigenvalue weighted by Crippen LogP contribution is -2.40. The van der Waals surface area contributed by atoms with Gasteiger partial charge in [0, 0.05) is 18.4 Å². The number of nitrogens with two attached hydrogens (primary N) is 1. The lowest BCUT2D eigenvalue weighted by atomic mass is 9.70. The zero-order valence-corrected chi connectivity index (χ0v) is 11.0. The van der Waals surface area contributed by atoms with Crippen LogP contribution in [0.1, 0.15) is 44.1 Å². The van der Waals surface area contributed by atoms with E-state index in [9.17, 15) is 4.79 Å². The summed E-state index contributed by atoms with van der Waals surface area (Å²) in [4.78, 5) is 12.4. The summed E-state index contributed by atoms with van der Waals surface area (Å²) in [5.41, 5.74) is 6.93. The number of ketones is 1. The molecular formula is C16H23NO. The van der Waals surface area contributed by atoms with E-state index < -0.39 is 0 Å². The lowest BCUT2D eigenvalue weighted by molar-refractivity contribution is -0.130. The molecule has 2 rings (SSSR count). The van der Waals surface area contributed by atoms with Gasteiger partial charge >= 0.3 is 0 Å². The Morgan fingerprint density at radius 3 is 2.39 bits per heavy atom. The second kappa shape index (κ2) is 6.14. The van der Waals surface area contributed by atoms with E-state index in [4.69, 9.17) is 5.73 Å². The van der Waals surface area contributed by atoms with E-state index in [2.05, 4.69) is 12.1 Å². The highest BCUT2D eigenvalue weighted by Gasteiger charge is 2.37. The molecule has 2 nitrogen and oxygen atoms in total. The molecule has 18 heavy (non-hydrogen) atoms. The van der Waals surface area contributed by atoms with Crippen LogP contribution < -0.4 is 5.73 Å². The normalized spacial score (nSPS) is 18.5. The minimum absolute atomic E-state index is 0.201. The van der Waals surface area contributed by atoms with Crippen molar-refractivity contribution >= 4 is 5.78 Å². The van der Waals surface area contributed by atoms with Gasteiger partial charge in [-0.3, -0.25) is 4.79 Å². The van der Waals surface area contributed by atoms with Crippen LogP contribution in [0.4, 0.5) is 0 Å². The Hall–Kier alpha value is -1.15. The van der Waals surface area contributed by atoms with Crippen molar-refractivity contribution in [3.8, 4) is 0 Å². The lowest BCUT2D eigenvalue weighted by Gasteiger charge is -2.34. The molecule has 0 bridgehead atoms. The molecule has 1 aromatic rings. The first-order valence-electron chi connectivity index (χ1n) is 7.04. The van der Waals surface area contributed by atoms with Crippen molar-refractivity contribution < 1.29 is 4.79 Å². The molecule has 0 aromatic heterocycles. The molecule has 0 saturated heterocycles. The standard InChI is InChI=1S/C16H23NO/c17-13-16(11-5-2-6-12-16)15(18)10-9-14-7-3-1-4-8-14/h1,3-4,7-8H,2,5-6,9-13,17H2. The van der Waals surface area contributed by atoms with Crippen molar-refractivity contribution in [2.75, 3.05) is 6.54 Å². The van der Waals surface area contributed by atoms with E-state index in [1.165, 1.54) is 12.0 Å². The van der Waals surface area contributed by atoms with Gasteiger partial charge in [-0.15, -0.1) is 0 Å². The molecule has 0 radical (unpaired) electrons. The summed E-state index contributed by atoms with van der Waals surface area (Å²) in [6, 6.07) is 10.2. The largest absolute Gasteiger partial charge is 0.329 e. The second-order valence-corrected chi connectivity index (χ2v) is 5.45. The Balaban J connectivity index is 1.94. The maximum Gasteiger partial charge on any atom is 0.140 e. The summed E-state index contributed by atoms with van der Waals surface area (Å²) in [7, 11) is 0. The molecule has 2 N–H and O–H groups in total. The number of rotatable bonds is 5. The van der Waals surface area contributed by atoms with Gasteiger partial charge in [0.1, 0.15) is 5.78 Å². The maximum absolute atomic E-state index is 12.4. The summed E-state index contributed by atoms with van der Waals surface area (Å²) < 4.78 is 0. The van der Waals surface area contributed by atoms with Gasteiger partial charge in [-0.05, 0) is 24.8 Å². The van der Waals surface area contributed by atoms with Gasteiger partial charge in [0.05, 0.1) is 0 Å². The molecule has 0 amide bonds. The molecule has 0 heterocycles. The fraction of sp³-hybridized carbons (Fsp3) is 0.562. The summed E-state index contributed by atoms with van der Waals surface area (Å²) in [6.45, 7) is 0.528. The van der Waals surface area contributed by atoms with Crippen LogP contribution in [-0.4, -0.2) is 12.3 Å². The number of Topliss-reactive ketones (excluding diaryl/α,β-unsaturated/α-hetero) is 1. The van der Waals surface area contributed by atoms with Crippen molar-refractivity contribution in [1.82, 2.24) is 0 Å². The first kappa shape index (κ1) is 13.3. The van der Waals surface area contributed by atoms with Crippen molar-refractivity contribution in [3.05, 3.63) is 35.9 Å². The van der Waals surface area contributed by atoms with Crippen LogP contribution in [0.25, 0.3) is 0 Å². The third kappa shape index (κ3) is 2.99. The number of hydrogen-bond donors (Lipinski definition) is 1. The van der Waals surface area contributed by atoms with Gasteiger partial charge in [-0.1, -0.05) is 49.6 Å². The minimum Gasteiger partial charge on any atom is -0.329 e. The van der Waals surface area contributed by atoms with Crippen molar-refractivity contribution in [2.24, 2.45) is 11.1 Å². The summed E-state index contributed by atoms with van der Waals surface area (Å²) in [5.74, 6) is 0.383. The molecule has 1 saturated carbocycles. The molecule has 98 valence electrons. The Kier molecular flexibility index (Phi) is 4.54. The van der Waals surface area contributed by atoms with E-state index in [0.29, 0.717) is 18.7 Å². The molecule has 1 fully saturated rings. The topological polar surface area (TPSA) is 43.1 Å². The first-order chi connectivity index (χ1) is 8.77. The summed E-state index contributed by atoms with van der Waals surface area (Å²) in [6.07, 6.45) is 7.06. The fourth-order valence-corrected chi connectivity index (χ4v) is 2.99. The average Bonchev–Trinajstić information content (AvgIpc) is 2.46. The Labute approximate surface area is 110 Å². The predicted octanol–water partition coefficient (Wildman–Crippen LogP) is 3.10. The molecule has 1 aliphatic rings. The Bertz CT molecular complexity index is 379. The highest BCUT2D eigenvalue weighted by Crippen LogP contribution is 2.37. The third-order valence-corrected chi connectivity index (χ3v) is 4.28. The highest BCUT2D eigenvalue weighted by molar-refractivity contribution is 5.85. The molecule has 1 aliphatic carbocycles. The highest BCUT2D eigenvalue weighted by atomic mass is 16.1. The fourth-order valence-electron chi connectivity index (χ4n) is 2.99. The van der Waals surface area contributed by atoms with E-state index in [-0.39, 0.29) is 5.41 Å². The Morgan fingerprint density at radius 1 is 1.11 bits per heavy atom. The van der Waals surface area contributed by atoms with Crippen molar-refractivity contribution in [1.29, 1.82) is 0 Å². The first-order valence-corrected chi connectivity index (χ1v) is 7.04. The average molecular weight is 245 g/mol. The third-order valence-electron chi connectivity index (χ3n) is 4.28. The number of hydrogen-bond acceptors (Lipinski definition) is 2. The quantitative estimate of drug-likeness (QED) is 0.866. The van der Waals surface area contributed by atoms with Crippen LogP contribution in [-0.2, 0) is 11.2 Å². The van der Waals surface area contributed by atoms with Crippen LogP contribution in [0.5, 0.6) is 0 Å². The van der Waals surface area contributed by atoms with Crippen LogP contribution in [0, 0.1) is 5.41 Å². The molecule has 2 heteroatoms. The molecular weight excluding hydrogens is 222 g/mol. The second-order valence-electron chi connectivity index (χ2n) is 5.45. The number of benzene rings is 1. The van der Waals surface area contributed by atoms with Crippen LogP contribution in [0.3, 0.4) is 0 Å². The van der Waals surface area contributed by atoms with E-state index in [1.807, 2.05) is 18.2 Å². The van der Waals surface area contributed by atoms with Crippen LogP contribution in [0.2, 0.25) is 0 Å². The molecule has 0 aliphatic heterocycles. The van der Waals surface area contributed by atoms with Gasteiger partial charge in [0.25, 0.3) is 0 Å². The Morgan fingerprint density at radius 2 is 1.78 bits per heavy atom. The van der Waals surface area contributed by atoms with E-state index >= 15 is 0 Å². The monoisotopic (exact) mass is 245 g/mol. The zero-order valence-electron chi connectivity index (χ0n) is 11.0. The molecule has 1 aromatic carbocycles. The van der Waals surface area contributed by atoms with Gasteiger partial charge in [0.15, 0.2) is 0 Å². The molecule has 0 unspecified atom stereocenters. The van der Waals surface area contributed by atoms with Crippen LogP contribution in [0.15, 0.2) is 30.3 Å². The van der Waals surface area contributed by atoms with Gasteiger partial charge in [-0.25, -0.2) is 0 Å². The number of carbonyl (C=O) groups is 1. The smallest absolute Gasteiger partial charge is 0.140 e. The minimum atomic E-state index is -0.201. The van der Waals surface area contributed by atoms with E-state index in [0.717, 1.165) is 32.1 Å². The van der Waals surface area contributed by atoms with Gasteiger partial charge in [-0.2, -0.15) is 0 Å². The predicted molar refractivity (Wildman–Crippen MR) is 74.3 cm³/mol. The van der Waals surface area contributed by atoms with Gasteiger partial charge in [0.2, 0.25) is 0 Å². The SMILES string of the molecule is NCC1(C(=O)CCc2ccccc2)CCCCC1. The van der Waals surface area contributed by atoms with Gasteiger partial charge < -0.3 is 5.73 Å².